The van der Waals surface area contributed by atoms with E-state index in [2.05, 4.69) is 24.9 Å². The van der Waals surface area contributed by atoms with Crippen molar-refractivity contribution in [2.45, 2.75) is 0 Å². The second-order valence-electron chi connectivity index (χ2n) is 4.95. The molecule has 5 nitrogen and oxygen atoms in total. The molecule has 0 atom stereocenters. The van der Waals surface area contributed by atoms with Gasteiger partial charge in [0.1, 0.15) is 5.82 Å². The van der Waals surface area contributed by atoms with Gasteiger partial charge in [-0.1, -0.05) is 6.07 Å². The van der Waals surface area contributed by atoms with Crippen LogP contribution in [0.15, 0.2) is 73.4 Å². The van der Waals surface area contributed by atoms with Crippen molar-refractivity contribution < 1.29 is 0 Å². The van der Waals surface area contributed by atoms with Crippen molar-refractivity contribution >= 4 is 0 Å². The zero-order chi connectivity index (χ0) is 15.5. The smallest absolute Gasteiger partial charge is 0.139 e. The van der Waals surface area contributed by atoms with Gasteiger partial charge in [-0.05, 0) is 36.4 Å². The van der Waals surface area contributed by atoms with Crippen LogP contribution in [0, 0.1) is 0 Å². The Morgan fingerprint density at radius 3 is 2.13 bits per heavy atom. The molecule has 0 aliphatic carbocycles. The molecule has 23 heavy (non-hydrogen) atoms. The van der Waals surface area contributed by atoms with Gasteiger partial charge in [0, 0.05) is 42.1 Å². The number of nitrogens with zero attached hydrogens (tertiary/aromatic N) is 4. The van der Waals surface area contributed by atoms with Gasteiger partial charge in [-0.3, -0.25) is 15.0 Å². The molecule has 0 saturated carbocycles. The Balaban J connectivity index is 1.94. The van der Waals surface area contributed by atoms with Crippen LogP contribution < -0.4 is 0 Å². The molecule has 110 valence electrons. The largest absolute Gasteiger partial charge is 0.345 e. The lowest BCUT2D eigenvalue weighted by molar-refractivity contribution is 1.22. The third kappa shape index (κ3) is 2.48. The lowest BCUT2D eigenvalue weighted by Gasteiger charge is -2.10. The molecular formula is C18H13N5. The number of rotatable bonds is 3. The molecule has 0 aromatic carbocycles. The van der Waals surface area contributed by atoms with Crippen LogP contribution in [0.3, 0.4) is 0 Å². The van der Waals surface area contributed by atoms with Crippen molar-refractivity contribution in [2.24, 2.45) is 0 Å². The molecule has 0 aliphatic rings. The van der Waals surface area contributed by atoms with Crippen molar-refractivity contribution in [3.63, 3.8) is 0 Å². The van der Waals surface area contributed by atoms with Gasteiger partial charge in [0.25, 0.3) is 0 Å². The monoisotopic (exact) mass is 299 g/mol. The van der Waals surface area contributed by atoms with Crippen LogP contribution in [0.4, 0.5) is 0 Å². The lowest BCUT2D eigenvalue weighted by atomic mass is 10.0. The Labute approximate surface area is 133 Å². The molecule has 0 radical (unpaired) electrons. The van der Waals surface area contributed by atoms with E-state index >= 15 is 0 Å². The van der Waals surface area contributed by atoms with Crippen LogP contribution in [0.2, 0.25) is 0 Å². The number of aromatic amines is 1. The van der Waals surface area contributed by atoms with E-state index in [0.29, 0.717) is 0 Å². The predicted octanol–water partition coefficient (Wildman–Crippen LogP) is 3.60. The first-order valence-electron chi connectivity index (χ1n) is 7.25. The highest BCUT2D eigenvalue weighted by atomic mass is 14.9. The maximum absolute atomic E-state index is 4.56. The van der Waals surface area contributed by atoms with Gasteiger partial charge >= 0.3 is 0 Å². The molecule has 0 unspecified atom stereocenters. The molecule has 0 amide bonds. The Kier molecular flexibility index (Phi) is 3.37. The molecule has 5 heteroatoms. The maximum atomic E-state index is 4.56. The molecule has 4 aromatic heterocycles. The Hall–Kier alpha value is -3.34. The van der Waals surface area contributed by atoms with Crippen molar-refractivity contribution in [2.75, 3.05) is 0 Å². The quantitative estimate of drug-likeness (QED) is 0.627. The summed E-state index contributed by atoms with van der Waals surface area (Å²) in [4.78, 5) is 21.0. The molecule has 4 heterocycles. The summed E-state index contributed by atoms with van der Waals surface area (Å²) in [6.45, 7) is 0. The fourth-order valence-corrected chi connectivity index (χ4v) is 2.53. The molecule has 0 saturated heterocycles. The van der Waals surface area contributed by atoms with E-state index in [1.165, 1.54) is 0 Å². The third-order valence-electron chi connectivity index (χ3n) is 3.53. The minimum Gasteiger partial charge on any atom is -0.345 e. The predicted molar refractivity (Wildman–Crippen MR) is 88.3 cm³/mol. The molecule has 1 N–H and O–H groups in total. The van der Waals surface area contributed by atoms with Gasteiger partial charge in [0.2, 0.25) is 0 Å². The van der Waals surface area contributed by atoms with Crippen LogP contribution in [-0.4, -0.2) is 24.9 Å². The van der Waals surface area contributed by atoms with E-state index in [1.54, 1.807) is 31.0 Å². The first-order chi connectivity index (χ1) is 11.4. The summed E-state index contributed by atoms with van der Waals surface area (Å²) in [5.74, 6) is 0.781. The fraction of sp³-hybridized carbons (Fsp3) is 0. The van der Waals surface area contributed by atoms with E-state index in [9.17, 15) is 0 Å². The van der Waals surface area contributed by atoms with Gasteiger partial charge in [-0.2, -0.15) is 0 Å². The topological polar surface area (TPSA) is 67.3 Å². The number of aromatic nitrogens is 5. The average molecular weight is 299 g/mol. The van der Waals surface area contributed by atoms with Crippen LogP contribution in [0.1, 0.15) is 0 Å². The van der Waals surface area contributed by atoms with Crippen LogP contribution in [-0.2, 0) is 0 Å². The van der Waals surface area contributed by atoms with Crippen LogP contribution >= 0.6 is 0 Å². The zero-order valence-electron chi connectivity index (χ0n) is 12.2. The van der Waals surface area contributed by atoms with E-state index in [1.807, 2.05) is 42.5 Å². The van der Waals surface area contributed by atoms with Gasteiger partial charge in [-0.25, -0.2) is 4.98 Å². The van der Waals surface area contributed by atoms with Gasteiger partial charge in [0.05, 0.1) is 17.1 Å². The molecule has 0 bridgehead atoms. The molecule has 0 fully saturated rings. The summed E-state index contributed by atoms with van der Waals surface area (Å²) < 4.78 is 0. The number of hydrogen-bond acceptors (Lipinski definition) is 4. The van der Waals surface area contributed by atoms with E-state index in [4.69, 9.17) is 0 Å². The number of H-pyrrole nitrogens is 1. The highest BCUT2D eigenvalue weighted by molar-refractivity contribution is 5.85. The summed E-state index contributed by atoms with van der Waals surface area (Å²) >= 11 is 0. The molecule has 0 aliphatic heterocycles. The van der Waals surface area contributed by atoms with E-state index in [-0.39, 0.29) is 0 Å². The summed E-state index contributed by atoms with van der Waals surface area (Å²) in [7, 11) is 0. The molecule has 4 aromatic rings. The molecule has 4 rings (SSSR count). The normalized spacial score (nSPS) is 10.6. The van der Waals surface area contributed by atoms with Crippen molar-refractivity contribution in [3.8, 4) is 34.0 Å². The summed E-state index contributed by atoms with van der Waals surface area (Å²) in [6.07, 6.45) is 8.84. The number of nitrogens with one attached hydrogen (secondary N) is 1. The number of imidazole rings is 1. The highest BCUT2D eigenvalue weighted by Gasteiger charge is 2.15. The first-order valence-corrected chi connectivity index (χ1v) is 7.25. The Morgan fingerprint density at radius 1 is 0.609 bits per heavy atom. The number of pyridine rings is 3. The first kappa shape index (κ1) is 13.3. The third-order valence-corrected chi connectivity index (χ3v) is 3.53. The van der Waals surface area contributed by atoms with Crippen LogP contribution in [0.5, 0.6) is 0 Å². The second kappa shape index (κ2) is 5.81. The molecular weight excluding hydrogens is 286 g/mol. The summed E-state index contributed by atoms with van der Waals surface area (Å²) in [6, 6.07) is 13.6. The number of hydrogen-bond donors (Lipinski definition) is 1. The summed E-state index contributed by atoms with van der Waals surface area (Å²) in [5, 5.41) is 0. The second-order valence-corrected chi connectivity index (χ2v) is 4.95. The fourth-order valence-electron chi connectivity index (χ4n) is 2.53. The lowest BCUT2D eigenvalue weighted by Crippen LogP contribution is -1.95. The van der Waals surface area contributed by atoms with Crippen LogP contribution in [0.25, 0.3) is 34.0 Å². The SMILES string of the molecule is c1ccc(-c2ncccc2-c2ncccc2-c2ncc[nH]2)nc1. The Morgan fingerprint density at radius 2 is 1.39 bits per heavy atom. The Bertz CT molecular complexity index is 917. The standard InChI is InChI=1S/C18H13N5/c1-2-8-19-15(7-1)17-13(5-3-10-21-17)16-14(6-4-9-20-16)18-22-11-12-23-18/h1-12H,(H,22,23). The average Bonchev–Trinajstić information content (AvgIpc) is 3.17. The summed E-state index contributed by atoms with van der Waals surface area (Å²) in [5.41, 5.74) is 4.32. The van der Waals surface area contributed by atoms with Gasteiger partial charge < -0.3 is 4.98 Å². The zero-order valence-corrected chi connectivity index (χ0v) is 12.2. The van der Waals surface area contributed by atoms with E-state index < -0.39 is 0 Å². The van der Waals surface area contributed by atoms with Crippen molar-refractivity contribution in [1.29, 1.82) is 0 Å². The highest BCUT2D eigenvalue weighted by Crippen LogP contribution is 2.33. The van der Waals surface area contributed by atoms with Gasteiger partial charge in [0.15, 0.2) is 0 Å². The van der Waals surface area contributed by atoms with Gasteiger partial charge in [-0.15, -0.1) is 0 Å². The van der Waals surface area contributed by atoms with E-state index in [0.717, 1.165) is 34.0 Å². The molecule has 0 spiro atoms. The maximum Gasteiger partial charge on any atom is 0.139 e. The van der Waals surface area contributed by atoms with Crippen molar-refractivity contribution in [1.82, 2.24) is 24.9 Å². The minimum atomic E-state index is 0.781. The van der Waals surface area contributed by atoms with Crippen molar-refractivity contribution in [3.05, 3.63) is 73.4 Å². The minimum absolute atomic E-state index is 0.781.